The number of hydrogen-bond donors (Lipinski definition) is 1. The molecule has 7 nitrogen and oxygen atoms in total. The van der Waals surface area contributed by atoms with E-state index in [-0.39, 0.29) is 11.7 Å². The summed E-state index contributed by atoms with van der Waals surface area (Å²) in [6, 6.07) is 7.43. The molecule has 0 spiro atoms. The van der Waals surface area contributed by atoms with Crippen LogP contribution in [-0.2, 0) is 19.4 Å². The molecule has 0 aliphatic heterocycles. The van der Waals surface area contributed by atoms with Gasteiger partial charge in [-0.1, -0.05) is 11.2 Å². The molecule has 1 aliphatic rings. The number of carbonyl (C=O) groups is 1. The number of carbonyl (C=O) groups excluding carboxylic acids is 1. The lowest BCUT2D eigenvalue weighted by Gasteiger charge is -2.14. The third-order valence-corrected chi connectivity index (χ3v) is 4.44. The van der Waals surface area contributed by atoms with Crippen molar-refractivity contribution in [3.8, 4) is 11.4 Å². The van der Waals surface area contributed by atoms with Gasteiger partial charge in [-0.2, -0.15) is 5.10 Å². The Morgan fingerprint density at radius 3 is 2.92 bits per heavy atom. The summed E-state index contributed by atoms with van der Waals surface area (Å²) in [5, 5.41) is 11.2. The Labute approximate surface area is 145 Å². The summed E-state index contributed by atoms with van der Waals surface area (Å²) in [7, 11) is 0. The first-order valence-electron chi connectivity index (χ1n) is 8.52. The molecular weight excluding hydrogens is 318 g/mol. The topological polar surface area (TPSA) is 85.8 Å². The monoisotopic (exact) mass is 337 g/mol. The Hall–Kier alpha value is -2.96. The van der Waals surface area contributed by atoms with Crippen LogP contribution in [0.1, 0.15) is 34.7 Å². The molecule has 3 aromatic heterocycles. The second-order valence-electron chi connectivity index (χ2n) is 6.05. The molecule has 0 saturated carbocycles. The van der Waals surface area contributed by atoms with Crippen molar-refractivity contribution in [3.63, 3.8) is 0 Å². The lowest BCUT2D eigenvalue weighted by Crippen LogP contribution is -2.27. The Morgan fingerprint density at radius 2 is 2.12 bits per heavy atom. The van der Waals surface area contributed by atoms with E-state index >= 15 is 0 Å². The zero-order valence-electron chi connectivity index (χ0n) is 13.8. The average molecular weight is 337 g/mol. The summed E-state index contributed by atoms with van der Waals surface area (Å²) in [5.74, 6) is -0.0415. The molecule has 0 unspecified atom stereocenters. The first-order chi connectivity index (χ1) is 12.3. The molecule has 4 rings (SSSR count). The van der Waals surface area contributed by atoms with Gasteiger partial charge in [-0.15, -0.1) is 0 Å². The Bertz CT molecular complexity index is 855. The van der Waals surface area contributed by atoms with E-state index < -0.39 is 0 Å². The molecule has 25 heavy (non-hydrogen) atoms. The van der Waals surface area contributed by atoms with Crippen LogP contribution in [0.15, 0.2) is 41.2 Å². The lowest BCUT2D eigenvalue weighted by molar-refractivity contribution is 0.0915. The number of fused-ring (bicyclic) bond motifs is 1. The van der Waals surface area contributed by atoms with E-state index in [2.05, 4.69) is 15.5 Å². The van der Waals surface area contributed by atoms with Crippen LogP contribution in [0.3, 0.4) is 0 Å². The van der Waals surface area contributed by atoms with E-state index in [0.717, 1.165) is 24.2 Å². The van der Waals surface area contributed by atoms with E-state index in [1.807, 2.05) is 22.9 Å². The van der Waals surface area contributed by atoms with Crippen molar-refractivity contribution in [2.24, 2.45) is 0 Å². The summed E-state index contributed by atoms with van der Waals surface area (Å²) in [6.07, 6.45) is 7.65. The first kappa shape index (κ1) is 15.6. The van der Waals surface area contributed by atoms with Crippen LogP contribution in [0.2, 0.25) is 0 Å². The average Bonchev–Trinajstić information content (AvgIpc) is 3.31. The maximum absolute atomic E-state index is 11.9. The molecule has 7 heteroatoms. The van der Waals surface area contributed by atoms with Crippen molar-refractivity contribution < 1.29 is 9.32 Å². The van der Waals surface area contributed by atoms with E-state index in [4.69, 9.17) is 9.62 Å². The fourth-order valence-electron chi connectivity index (χ4n) is 3.26. The van der Waals surface area contributed by atoms with Gasteiger partial charge in [0, 0.05) is 30.1 Å². The summed E-state index contributed by atoms with van der Waals surface area (Å²) >= 11 is 0. The molecule has 1 amide bonds. The predicted molar refractivity (Wildman–Crippen MR) is 90.9 cm³/mol. The number of rotatable bonds is 5. The molecule has 0 fully saturated rings. The van der Waals surface area contributed by atoms with Crippen LogP contribution in [0.5, 0.6) is 0 Å². The standard InChI is InChI=1S/C18H19N5O2/c24-18(16-8-10-21-25-16)20-11-12-23-15-7-2-1-5-13(15)17(22-23)14-6-3-4-9-19-14/h3-4,6,8-10H,1-2,5,7,11-12H2,(H,20,24). The second-order valence-corrected chi connectivity index (χ2v) is 6.05. The molecule has 0 saturated heterocycles. The van der Waals surface area contributed by atoms with Gasteiger partial charge in [-0.3, -0.25) is 14.5 Å². The fraction of sp³-hybridized carbons (Fsp3) is 0.333. The van der Waals surface area contributed by atoms with E-state index in [1.165, 1.54) is 30.3 Å². The van der Waals surface area contributed by atoms with E-state index in [9.17, 15) is 4.79 Å². The van der Waals surface area contributed by atoms with Gasteiger partial charge in [0.15, 0.2) is 0 Å². The molecule has 0 bridgehead atoms. The SMILES string of the molecule is O=C(NCCn1nc(-c2ccccn2)c2c1CCCC2)c1ccno1. The predicted octanol–water partition coefficient (Wildman–Crippen LogP) is 2.24. The highest BCUT2D eigenvalue weighted by molar-refractivity contribution is 5.91. The quantitative estimate of drug-likeness (QED) is 0.772. The summed E-state index contributed by atoms with van der Waals surface area (Å²) in [5.41, 5.74) is 4.44. The minimum absolute atomic E-state index is 0.219. The molecule has 3 heterocycles. The zero-order chi connectivity index (χ0) is 17.1. The van der Waals surface area contributed by atoms with Gasteiger partial charge in [-0.05, 0) is 37.8 Å². The number of pyridine rings is 1. The van der Waals surface area contributed by atoms with Crippen molar-refractivity contribution in [2.45, 2.75) is 32.2 Å². The normalized spacial score (nSPS) is 13.4. The molecule has 0 aromatic carbocycles. The molecule has 128 valence electrons. The molecule has 1 N–H and O–H groups in total. The van der Waals surface area contributed by atoms with Gasteiger partial charge in [0.25, 0.3) is 5.91 Å². The minimum atomic E-state index is -0.261. The Balaban J connectivity index is 1.52. The van der Waals surface area contributed by atoms with E-state index in [1.54, 1.807) is 12.3 Å². The van der Waals surface area contributed by atoms with Crippen molar-refractivity contribution in [1.82, 2.24) is 25.2 Å². The summed E-state index contributed by atoms with van der Waals surface area (Å²) in [4.78, 5) is 16.4. The van der Waals surface area contributed by atoms with Crippen molar-refractivity contribution in [2.75, 3.05) is 6.54 Å². The summed E-state index contributed by atoms with van der Waals surface area (Å²) < 4.78 is 6.87. The highest BCUT2D eigenvalue weighted by Crippen LogP contribution is 2.30. The third-order valence-electron chi connectivity index (χ3n) is 4.44. The maximum atomic E-state index is 11.9. The molecule has 1 aliphatic carbocycles. The number of nitrogens with zero attached hydrogens (tertiary/aromatic N) is 4. The largest absolute Gasteiger partial charge is 0.351 e. The Kier molecular flexibility index (Phi) is 4.28. The smallest absolute Gasteiger partial charge is 0.289 e. The minimum Gasteiger partial charge on any atom is -0.351 e. The maximum Gasteiger partial charge on any atom is 0.289 e. The number of amides is 1. The fourth-order valence-corrected chi connectivity index (χ4v) is 3.26. The molecule has 3 aromatic rings. The van der Waals surface area contributed by atoms with Crippen molar-refractivity contribution >= 4 is 5.91 Å². The van der Waals surface area contributed by atoms with Gasteiger partial charge in [0.1, 0.15) is 5.69 Å². The first-order valence-corrected chi connectivity index (χ1v) is 8.52. The number of hydrogen-bond acceptors (Lipinski definition) is 5. The van der Waals surface area contributed by atoms with Crippen LogP contribution in [-0.4, -0.2) is 32.4 Å². The highest BCUT2D eigenvalue weighted by atomic mass is 16.5. The highest BCUT2D eigenvalue weighted by Gasteiger charge is 2.22. The molecule has 0 atom stereocenters. The van der Waals surface area contributed by atoms with Crippen LogP contribution in [0.4, 0.5) is 0 Å². The van der Waals surface area contributed by atoms with Gasteiger partial charge >= 0.3 is 0 Å². The van der Waals surface area contributed by atoms with Crippen LogP contribution >= 0.6 is 0 Å². The van der Waals surface area contributed by atoms with Gasteiger partial charge < -0.3 is 9.84 Å². The number of aromatic nitrogens is 4. The van der Waals surface area contributed by atoms with Crippen molar-refractivity contribution in [3.05, 3.63) is 53.7 Å². The second kappa shape index (κ2) is 6.88. The Morgan fingerprint density at radius 1 is 1.20 bits per heavy atom. The molecule has 0 radical (unpaired) electrons. The van der Waals surface area contributed by atoms with Crippen LogP contribution < -0.4 is 5.32 Å². The van der Waals surface area contributed by atoms with Gasteiger partial charge in [-0.25, -0.2) is 0 Å². The van der Waals surface area contributed by atoms with Gasteiger partial charge in [0.05, 0.1) is 18.4 Å². The zero-order valence-corrected chi connectivity index (χ0v) is 13.8. The molecular formula is C18H19N5O2. The van der Waals surface area contributed by atoms with E-state index in [0.29, 0.717) is 13.1 Å². The van der Waals surface area contributed by atoms with Gasteiger partial charge in [0.2, 0.25) is 5.76 Å². The van der Waals surface area contributed by atoms with Crippen LogP contribution in [0, 0.1) is 0 Å². The third kappa shape index (κ3) is 3.17. The van der Waals surface area contributed by atoms with Crippen molar-refractivity contribution in [1.29, 1.82) is 0 Å². The summed E-state index contributed by atoms with van der Waals surface area (Å²) in [6.45, 7) is 1.10. The lowest BCUT2D eigenvalue weighted by atomic mass is 9.95. The number of nitrogens with one attached hydrogen (secondary N) is 1. The van der Waals surface area contributed by atoms with Crippen LogP contribution in [0.25, 0.3) is 11.4 Å².